The van der Waals surface area contributed by atoms with Gasteiger partial charge in [0.25, 0.3) is 5.91 Å². The van der Waals surface area contributed by atoms with E-state index < -0.39 is 0 Å². The van der Waals surface area contributed by atoms with Crippen molar-refractivity contribution in [1.29, 1.82) is 5.26 Å². The minimum atomic E-state index is -0.306. The maximum atomic E-state index is 12.8. The Hall–Kier alpha value is -4.82. The molecular formula is C30H28N6O2. The maximum absolute atomic E-state index is 12.8. The summed E-state index contributed by atoms with van der Waals surface area (Å²) in [5.41, 5.74) is 3.99. The topological polar surface area (TPSA) is 95.5 Å². The van der Waals surface area contributed by atoms with Crippen LogP contribution in [0.25, 0.3) is 16.6 Å². The Morgan fingerprint density at radius 2 is 1.95 bits per heavy atom. The summed E-state index contributed by atoms with van der Waals surface area (Å²) < 4.78 is 7.39. The van der Waals surface area contributed by atoms with E-state index in [1.807, 2.05) is 31.3 Å². The third-order valence-electron chi connectivity index (χ3n) is 7.00. The number of piperidine rings is 1. The van der Waals surface area contributed by atoms with Gasteiger partial charge in [-0.3, -0.25) is 4.79 Å². The predicted molar refractivity (Wildman–Crippen MR) is 146 cm³/mol. The van der Waals surface area contributed by atoms with Gasteiger partial charge in [0.1, 0.15) is 17.6 Å². The van der Waals surface area contributed by atoms with Gasteiger partial charge in [0.15, 0.2) is 0 Å². The second-order valence-electron chi connectivity index (χ2n) is 9.61. The maximum Gasteiger partial charge on any atom is 0.251 e. The van der Waals surface area contributed by atoms with Crippen LogP contribution in [0.3, 0.4) is 0 Å². The summed E-state index contributed by atoms with van der Waals surface area (Å²) in [6.45, 7) is 6.08. The molecule has 4 heterocycles. The zero-order chi connectivity index (χ0) is 26.7. The monoisotopic (exact) mass is 504 g/mol. The Labute approximate surface area is 221 Å². The summed E-state index contributed by atoms with van der Waals surface area (Å²) in [4.78, 5) is 19.8. The second-order valence-corrected chi connectivity index (χ2v) is 9.61. The van der Waals surface area contributed by atoms with Crippen LogP contribution in [0.2, 0.25) is 0 Å². The number of carbonyl (C=O) groups excluding carboxylic acids is 1. The lowest BCUT2D eigenvalue weighted by Crippen LogP contribution is -2.53. The van der Waals surface area contributed by atoms with E-state index in [1.165, 1.54) is 0 Å². The highest BCUT2D eigenvalue weighted by Crippen LogP contribution is 2.32. The lowest BCUT2D eigenvalue weighted by molar-refractivity contribution is 0.0891. The highest BCUT2D eigenvalue weighted by atomic mass is 16.5. The van der Waals surface area contributed by atoms with Crippen LogP contribution in [0, 0.1) is 23.7 Å². The molecule has 0 bridgehead atoms. The van der Waals surface area contributed by atoms with Crippen LogP contribution in [0.4, 0.5) is 5.82 Å². The van der Waals surface area contributed by atoms with Gasteiger partial charge in [0.05, 0.1) is 30.1 Å². The average molecular weight is 505 g/mol. The van der Waals surface area contributed by atoms with Crippen LogP contribution in [0.15, 0.2) is 61.1 Å². The summed E-state index contributed by atoms with van der Waals surface area (Å²) in [7, 11) is 0. The number of hydrogen-bond donors (Lipinski definition) is 1. The highest BCUT2D eigenvalue weighted by Gasteiger charge is 2.32. The molecule has 0 saturated carbocycles. The molecule has 3 aromatic heterocycles. The minimum absolute atomic E-state index is 0.0933. The third-order valence-corrected chi connectivity index (χ3v) is 7.00. The van der Waals surface area contributed by atoms with Crippen LogP contribution in [0.1, 0.15) is 48.2 Å². The fraction of sp³-hybridized carbons (Fsp3) is 0.267. The molecule has 0 spiro atoms. The standard InChI is InChI=1S/C30H28N6O2/c1-4-21-6-8-22(9-7-21)29(37)34-30(3)12-14-35(15-13-30)27-11-10-23(18-32-27)26-16-25(38-5-2)20-36-28(26)24(17-31)19-33-36/h1,6-11,16,18-20H,5,12-15H2,2-3H3,(H,34,37). The fourth-order valence-corrected chi connectivity index (χ4v) is 4.80. The number of amides is 1. The van der Waals surface area contributed by atoms with Gasteiger partial charge in [0, 0.05) is 47.1 Å². The van der Waals surface area contributed by atoms with Gasteiger partial charge in [-0.1, -0.05) is 5.92 Å². The second kappa shape index (κ2) is 10.3. The van der Waals surface area contributed by atoms with Crippen LogP contribution < -0.4 is 15.0 Å². The molecule has 0 atom stereocenters. The first-order chi connectivity index (χ1) is 18.4. The molecule has 190 valence electrons. The molecule has 1 aromatic carbocycles. The molecule has 1 amide bonds. The van der Waals surface area contributed by atoms with Crippen molar-refractivity contribution in [3.63, 3.8) is 0 Å². The van der Waals surface area contributed by atoms with Gasteiger partial charge in [-0.2, -0.15) is 10.4 Å². The number of carbonyl (C=O) groups is 1. The zero-order valence-corrected chi connectivity index (χ0v) is 21.4. The van der Waals surface area contributed by atoms with E-state index >= 15 is 0 Å². The predicted octanol–water partition coefficient (Wildman–Crippen LogP) is 4.44. The normalized spacial score (nSPS) is 14.5. The van der Waals surface area contributed by atoms with Crippen molar-refractivity contribution < 1.29 is 9.53 Å². The Kier molecular flexibility index (Phi) is 6.72. The van der Waals surface area contributed by atoms with Crippen LogP contribution in [-0.2, 0) is 0 Å². The first-order valence-corrected chi connectivity index (χ1v) is 12.6. The molecule has 0 aliphatic carbocycles. The van der Waals surface area contributed by atoms with Gasteiger partial charge in [-0.05, 0) is 69.2 Å². The summed E-state index contributed by atoms with van der Waals surface area (Å²) in [5.74, 6) is 4.03. The number of pyridine rings is 2. The number of terminal acetylenes is 1. The lowest BCUT2D eigenvalue weighted by atomic mass is 9.89. The fourth-order valence-electron chi connectivity index (χ4n) is 4.80. The van der Waals surface area contributed by atoms with E-state index in [2.05, 4.69) is 34.2 Å². The number of anilines is 1. The largest absolute Gasteiger partial charge is 0.492 e. The summed E-state index contributed by atoms with van der Waals surface area (Å²) in [6, 6.07) is 15.2. The molecule has 0 unspecified atom stereocenters. The molecule has 1 fully saturated rings. The van der Waals surface area contributed by atoms with Crippen LogP contribution in [-0.4, -0.2) is 45.7 Å². The van der Waals surface area contributed by atoms with E-state index in [4.69, 9.17) is 16.1 Å². The van der Waals surface area contributed by atoms with E-state index in [-0.39, 0.29) is 11.4 Å². The first-order valence-electron chi connectivity index (χ1n) is 12.6. The Morgan fingerprint density at radius 3 is 2.58 bits per heavy atom. The van der Waals surface area contributed by atoms with Crippen molar-refractivity contribution in [1.82, 2.24) is 19.9 Å². The average Bonchev–Trinajstić information content (AvgIpc) is 3.36. The quantitative estimate of drug-likeness (QED) is 0.390. The van der Waals surface area contributed by atoms with Crippen molar-refractivity contribution in [2.24, 2.45) is 0 Å². The van der Waals surface area contributed by atoms with Gasteiger partial charge in [-0.25, -0.2) is 9.50 Å². The number of nitriles is 1. The Balaban J connectivity index is 1.29. The smallest absolute Gasteiger partial charge is 0.251 e. The number of benzene rings is 1. The van der Waals surface area contributed by atoms with E-state index in [1.54, 1.807) is 41.2 Å². The molecule has 5 rings (SSSR count). The first kappa shape index (κ1) is 24.9. The minimum Gasteiger partial charge on any atom is -0.492 e. The number of nitrogens with zero attached hydrogens (tertiary/aromatic N) is 5. The van der Waals surface area contributed by atoms with Crippen molar-refractivity contribution in [3.05, 3.63) is 77.7 Å². The van der Waals surface area contributed by atoms with Crippen molar-refractivity contribution >= 4 is 17.2 Å². The molecule has 1 saturated heterocycles. The number of hydrogen-bond acceptors (Lipinski definition) is 6. The molecule has 1 N–H and O–H groups in total. The number of fused-ring (bicyclic) bond motifs is 1. The SMILES string of the molecule is C#Cc1ccc(C(=O)NC2(C)CCN(c3ccc(-c4cc(OCC)cn5ncc(C#N)c45)cn3)CC2)cc1. The van der Waals surface area contributed by atoms with Crippen molar-refractivity contribution in [3.8, 4) is 35.3 Å². The number of ether oxygens (including phenoxy) is 1. The van der Waals surface area contributed by atoms with Gasteiger partial charge in [0.2, 0.25) is 0 Å². The molecule has 1 aliphatic heterocycles. The van der Waals surface area contributed by atoms with Crippen LogP contribution in [0.5, 0.6) is 5.75 Å². The van der Waals surface area contributed by atoms with E-state index in [0.717, 1.165) is 54.0 Å². The molecule has 0 radical (unpaired) electrons. The molecular weight excluding hydrogens is 476 g/mol. The third kappa shape index (κ3) is 4.89. The summed E-state index contributed by atoms with van der Waals surface area (Å²) in [6.07, 6.45) is 12.2. The van der Waals surface area contributed by atoms with Gasteiger partial charge in [-0.15, -0.1) is 6.42 Å². The lowest BCUT2D eigenvalue weighted by Gasteiger charge is -2.40. The molecule has 38 heavy (non-hydrogen) atoms. The zero-order valence-electron chi connectivity index (χ0n) is 21.4. The van der Waals surface area contributed by atoms with Gasteiger partial charge < -0.3 is 15.0 Å². The number of nitrogens with one attached hydrogen (secondary N) is 1. The number of aromatic nitrogens is 3. The Bertz CT molecular complexity index is 1550. The molecule has 4 aromatic rings. The van der Waals surface area contributed by atoms with E-state index in [9.17, 15) is 10.1 Å². The number of rotatable bonds is 6. The van der Waals surface area contributed by atoms with E-state index in [0.29, 0.717) is 23.5 Å². The van der Waals surface area contributed by atoms with Crippen LogP contribution >= 0.6 is 0 Å². The summed E-state index contributed by atoms with van der Waals surface area (Å²) >= 11 is 0. The summed E-state index contributed by atoms with van der Waals surface area (Å²) in [5, 5.41) is 17.1. The Morgan fingerprint density at radius 1 is 1.18 bits per heavy atom. The van der Waals surface area contributed by atoms with Crippen molar-refractivity contribution in [2.45, 2.75) is 32.2 Å². The highest BCUT2D eigenvalue weighted by molar-refractivity contribution is 5.94. The molecule has 8 heteroatoms. The molecule has 1 aliphatic rings. The van der Waals surface area contributed by atoms with Crippen molar-refractivity contribution in [2.75, 3.05) is 24.6 Å². The van der Waals surface area contributed by atoms with Gasteiger partial charge >= 0.3 is 0 Å². The molecule has 8 nitrogen and oxygen atoms in total.